The molecule has 0 amide bonds. The average molecular weight is 195 g/mol. The van der Waals surface area contributed by atoms with Gasteiger partial charge in [-0.15, -0.1) is 0 Å². The van der Waals surface area contributed by atoms with Crippen LogP contribution in [0.15, 0.2) is 12.2 Å². The van der Waals surface area contributed by atoms with Gasteiger partial charge in [0.15, 0.2) is 0 Å². The minimum absolute atomic E-state index is 0.357. The largest absolute Gasteiger partial charge is 0.317 e. The molecule has 1 heterocycles. The molecule has 1 rings (SSSR count). The number of nitrogens with one attached hydrogen (secondary N) is 1. The van der Waals surface area contributed by atoms with Crippen molar-refractivity contribution >= 4 is 5.78 Å². The maximum atomic E-state index is 11.4. The lowest BCUT2D eigenvalue weighted by molar-refractivity contribution is -0.118. The first kappa shape index (κ1) is 11.4. The van der Waals surface area contributed by atoms with E-state index in [-0.39, 0.29) is 0 Å². The Labute approximate surface area is 86.8 Å². The molecule has 0 spiro atoms. The number of allylic oxidation sites excluding steroid dienone is 1. The first-order valence-corrected chi connectivity index (χ1v) is 5.55. The third-order valence-corrected chi connectivity index (χ3v) is 2.79. The molecule has 0 saturated carbocycles. The number of piperidine rings is 1. The fourth-order valence-corrected chi connectivity index (χ4v) is 1.96. The van der Waals surface area contributed by atoms with Gasteiger partial charge in [-0.25, -0.2) is 0 Å². The molecular formula is C12H21NO. The van der Waals surface area contributed by atoms with Crippen LogP contribution in [0.4, 0.5) is 0 Å². The number of rotatable bonds is 5. The van der Waals surface area contributed by atoms with Crippen molar-refractivity contribution in [3.8, 4) is 0 Å². The van der Waals surface area contributed by atoms with Crippen molar-refractivity contribution in [3.63, 3.8) is 0 Å². The normalized spacial score (nSPS) is 18.1. The maximum Gasteiger partial charge on any atom is 0.136 e. The van der Waals surface area contributed by atoms with E-state index < -0.39 is 0 Å². The van der Waals surface area contributed by atoms with Crippen molar-refractivity contribution in [2.45, 2.75) is 39.0 Å². The summed E-state index contributed by atoms with van der Waals surface area (Å²) < 4.78 is 0. The van der Waals surface area contributed by atoms with Crippen molar-refractivity contribution in [1.29, 1.82) is 0 Å². The standard InChI is InChI=1S/C12H21NO/c1-10(2)9-12(14)4-3-11-5-7-13-8-6-11/h11,13H,1,3-9H2,2H3. The smallest absolute Gasteiger partial charge is 0.136 e. The molecule has 14 heavy (non-hydrogen) atoms. The summed E-state index contributed by atoms with van der Waals surface area (Å²) in [6.45, 7) is 7.93. The number of carbonyl (C=O) groups is 1. The molecule has 0 aliphatic carbocycles. The van der Waals surface area contributed by atoms with Crippen LogP contribution in [-0.4, -0.2) is 18.9 Å². The van der Waals surface area contributed by atoms with E-state index in [0.29, 0.717) is 12.2 Å². The highest BCUT2D eigenvalue weighted by atomic mass is 16.1. The molecule has 2 heteroatoms. The predicted octanol–water partition coefficient (Wildman–Crippen LogP) is 2.30. The molecule has 1 fully saturated rings. The Kier molecular flexibility index (Phi) is 4.88. The zero-order chi connectivity index (χ0) is 10.4. The van der Waals surface area contributed by atoms with Gasteiger partial charge in [0.2, 0.25) is 0 Å². The van der Waals surface area contributed by atoms with Gasteiger partial charge in [-0.05, 0) is 45.2 Å². The number of hydrogen-bond acceptors (Lipinski definition) is 2. The molecule has 0 radical (unpaired) electrons. The van der Waals surface area contributed by atoms with Crippen LogP contribution in [0.5, 0.6) is 0 Å². The minimum Gasteiger partial charge on any atom is -0.317 e. The van der Waals surface area contributed by atoms with Gasteiger partial charge in [-0.2, -0.15) is 0 Å². The Bertz CT molecular complexity index is 204. The van der Waals surface area contributed by atoms with Crippen LogP contribution >= 0.6 is 0 Å². The summed E-state index contributed by atoms with van der Waals surface area (Å²) >= 11 is 0. The number of ketones is 1. The number of hydrogen-bond donors (Lipinski definition) is 1. The summed E-state index contributed by atoms with van der Waals surface area (Å²) in [5.41, 5.74) is 0.986. The molecule has 1 N–H and O–H groups in total. The fourth-order valence-electron chi connectivity index (χ4n) is 1.96. The molecule has 0 atom stereocenters. The van der Waals surface area contributed by atoms with Crippen LogP contribution in [-0.2, 0) is 4.79 Å². The monoisotopic (exact) mass is 195 g/mol. The Morgan fingerprint density at radius 2 is 2.07 bits per heavy atom. The molecule has 1 saturated heterocycles. The molecule has 0 bridgehead atoms. The van der Waals surface area contributed by atoms with E-state index in [1.807, 2.05) is 6.92 Å². The predicted molar refractivity (Wildman–Crippen MR) is 59.3 cm³/mol. The van der Waals surface area contributed by atoms with Crippen LogP contribution in [0, 0.1) is 5.92 Å². The van der Waals surface area contributed by atoms with Crippen molar-refractivity contribution < 1.29 is 4.79 Å². The molecule has 80 valence electrons. The highest BCUT2D eigenvalue weighted by Gasteiger charge is 2.14. The highest BCUT2D eigenvalue weighted by molar-refractivity contribution is 5.80. The van der Waals surface area contributed by atoms with E-state index in [0.717, 1.165) is 37.4 Å². The van der Waals surface area contributed by atoms with E-state index >= 15 is 0 Å². The van der Waals surface area contributed by atoms with Gasteiger partial charge in [0.25, 0.3) is 0 Å². The van der Waals surface area contributed by atoms with E-state index in [9.17, 15) is 4.79 Å². The lowest BCUT2D eigenvalue weighted by atomic mass is 9.91. The van der Waals surface area contributed by atoms with Crippen molar-refractivity contribution in [2.24, 2.45) is 5.92 Å². The molecule has 1 aliphatic rings. The quantitative estimate of drug-likeness (QED) is 0.682. The summed E-state index contributed by atoms with van der Waals surface area (Å²) in [7, 11) is 0. The molecule has 0 aromatic heterocycles. The number of carbonyl (C=O) groups excluding carboxylic acids is 1. The lowest BCUT2D eigenvalue weighted by Gasteiger charge is -2.22. The van der Waals surface area contributed by atoms with Crippen LogP contribution < -0.4 is 5.32 Å². The fraction of sp³-hybridized carbons (Fsp3) is 0.750. The summed E-state index contributed by atoms with van der Waals surface area (Å²) in [6, 6.07) is 0. The molecule has 0 unspecified atom stereocenters. The van der Waals surface area contributed by atoms with E-state index in [1.165, 1.54) is 12.8 Å². The maximum absolute atomic E-state index is 11.4. The summed E-state index contributed by atoms with van der Waals surface area (Å²) in [5, 5.41) is 3.34. The first-order valence-electron chi connectivity index (χ1n) is 5.55. The van der Waals surface area contributed by atoms with Gasteiger partial charge < -0.3 is 5.32 Å². The lowest BCUT2D eigenvalue weighted by Crippen LogP contribution is -2.27. The molecular weight excluding hydrogens is 174 g/mol. The zero-order valence-electron chi connectivity index (χ0n) is 9.14. The topological polar surface area (TPSA) is 29.1 Å². The molecule has 0 aromatic carbocycles. The van der Waals surface area contributed by atoms with Crippen molar-refractivity contribution in [3.05, 3.63) is 12.2 Å². The summed E-state index contributed by atoms with van der Waals surface area (Å²) in [4.78, 5) is 11.4. The second-order valence-electron chi connectivity index (χ2n) is 4.40. The Morgan fingerprint density at radius 1 is 1.43 bits per heavy atom. The van der Waals surface area contributed by atoms with Crippen LogP contribution in [0.25, 0.3) is 0 Å². The van der Waals surface area contributed by atoms with Gasteiger partial charge in [0.1, 0.15) is 5.78 Å². The van der Waals surface area contributed by atoms with Gasteiger partial charge in [0, 0.05) is 12.8 Å². The second kappa shape index (κ2) is 5.97. The van der Waals surface area contributed by atoms with Gasteiger partial charge in [-0.3, -0.25) is 4.79 Å². The Hall–Kier alpha value is -0.630. The van der Waals surface area contributed by atoms with E-state index in [4.69, 9.17) is 0 Å². The van der Waals surface area contributed by atoms with E-state index in [2.05, 4.69) is 11.9 Å². The molecule has 1 aliphatic heterocycles. The average Bonchev–Trinajstić information content (AvgIpc) is 2.15. The third-order valence-electron chi connectivity index (χ3n) is 2.79. The van der Waals surface area contributed by atoms with E-state index in [1.54, 1.807) is 0 Å². The zero-order valence-corrected chi connectivity index (χ0v) is 9.14. The van der Waals surface area contributed by atoms with Gasteiger partial charge in [-0.1, -0.05) is 12.2 Å². The SMILES string of the molecule is C=C(C)CC(=O)CCC1CCNCC1. The summed E-state index contributed by atoms with van der Waals surface area (Å²) in [5.74, 6) is 1.13. The van der Waals surface area contributed by atoms with Crippen molar-refractivity contribution in [1.82, 2.24) is 5.32 Å². The summed E-state index contributed by atoms with van der Waals surface area (Å²) in [6.07, 6.45) is 4.87. The molecule has 0 aromatic rings. The van der Waals surface area contributed by atoms with Gasteiger partial charge in [0.05, 0.1) is 0 Å². The molecule has 2 nitrogen and oxygen atoms in total. The van der Waals surface area contributed by atoms with Crippen molar-refractivity contribution in [2.75, 3.05) is 13.1 Å². The number of Topliss-reactive ketones (excluding diaryl/α,β-unsaturated/α-hetero) is 1. The third kappa shape index (κ3) is 4.56. The highest BCUT2D eigenvalue weighted by Crippen LogP contribution is 2.18. The van der Waals surface area contributed by atoms with Gasteiger partial charge >= 0.3 is 0 Å². The Balaban J connectivity index is 2.12. The minimum atomic E-state index is 0.357. The second-order valence-corrected chi connectivity index (χ2v) is 4.40. The Morgan fingerprint density at radius 3 is 2.64 bits per heavy atom. The van der Waals surface area contributed by atoms with Crippen LogP contribution in [0.2, 0.25) is 0 Å². The van der Waals surface area contributed by atoms with Crippen LogP contribution in [0.1, 0.15) is 39.0 Å². The van der Waals surface area contributed by atoms with Crippen LogP contribution in [0.3, 0.4) is 0 Å². The first-order chi connectivity index (χ1) is 6.68.